The molecule has 0 fully saturated rings. The number of oxime groups is 1. The zero-order valence-corrected chi connectivity index (χ0v) is 17.5. The van der Waals surface area contributed by atoms with Gasteiger partial charge in [0.1, 0.15) is 6.61 Å². The average molecular weight is 405 g/mol. The third kappa shape index (κ3) is 5.32. The SMILES string of the molecule is CONC(C(=O)OC)c1cccc(C)c1CO/N=C(\C)c1ccc(C)c(Cl)c1. The number of nitrogens with one attached hydrogen (secondary N) is 1. The van der Waals surface area contributed by atoms with Crippen molar-refractivity contribution in [3.05, 3.63) is 69.2 Å². The molecule has 2 aromatic carbocycles. The normalized spacial score (nSPS) is 12.6. The molecule has 0 aromatic heterocycles. The van der Waals surface area contributed by atoms with Crippen LogP contribution in [0, 0.1) is 13.8 Å². The molecule has 0 amide bonds. The molecule has 2 aromatic rings. The molecule has 0 heterocycles. The van der Waals surface area contributed by atoms with Gasteiger partial charge in [0.25, 0.3) is 0 Å². The van der Waals surface area contributed by atoms with Crippen molar-refractivity contribution < 1.29 is 19.2 Å². The Balaban J connectivity index is 2.23. The fraction of sp³-hybridized carbons (Fsp3) is 0.333. The van der Waals surface area contributed by atoms with E-state index < -0.39 is 12.0 Å². The molecule has 28 heavy (non-hydrogen) atoms. The number of nitrogens with zero attached hydrogens (tertiary/aromatic N) is 1. The lowest BCUT2D eigenvalue weighted by Crippen LogP contribution is -2.30. The van der Waals surface area contributed by atoms with Crippen LogP contribution in [0.2, 0.25) is 5.02 Å². The molecule has 1 N–H and O–H groups in total. The van der Waals surface area contributed by atoms with E-state index in [1.54, 1.807) is 0 Å². The minimum absolute atomic E-state index is 0.192. The lowest BCUT2D eigenvalue weighted by atomic mass is 9.97. The Kier molecular flexibility index (Phi) is 7.99. The van der Waals surface area contributed by atoms with Gasteiger partial charge in [-0.3, -0.25) is 0 Å². The van der Waals surface area contributed by atoms with Crippen LogP contribution >= 0.6 is 11.6 Å². The Morgan fingerprint density at radius 1 is 1.18 bits per heavy atom. The fourth-order valence-electron chi connectivity index (χ4n) is 2.73. The standard InChI is InChI=1S/C21H25ClN2O4/c1-13-7-6-8-17(20(24-27-5)21(25)26-4)18(13)12-28-23-15(3)16-10-9-14(2)19(22)11-16/h6-11,20,24H,12H2,1-5H3/b23-15+. The second-order valence-electron chi connectivity index (χ2n) is 6.33. The summed E-state index contributed by atoms with van der Waals surface area (Å²) in [4.78, 5) is 22.7. The highest BCUT2D eigenvalue weighted by atomic mass is 35.5. The summed E-state index contributed by atoms with van der Waals surface area (Å²) < 4.78 is 4.87. The summed E-state index contributed by atoms with van der Waals surface area (Å²) in [5, 5.41) is 4.88. The van der Waals surface area contributed by atoms with Crippen molar-refractivity contribution in [3.63, 3.8) is 0 Å². The summed E-state index contributed by atoms with van der Waals surface area (Å²) in [7, 11) is 2.78. The number of esters is 1. The van der Waals surface area contributed by atoms with E-state index in [1.165, 1.54) is 14.2 Å². The first-order valence-electron chi connectivity index (χ1n) is 8.76. The van der Waals surface area contributed by atoms with Crippen molar-refractivity contribution in [2.24, 2.45) is 5.16 Å². The number of rotatable bonds is 8. The monoisotopic (exact) mass is 404 g/mol. The van der Waals surface area contributed by atoms with Gasteiger partial charge in [0, 0.05) is 16.1 Å². The van der Waals surface area contributed by atoms with Crippen LogP contribution in [-0.2, 0) is 25.8 Å². The van der Waals surface area contributed by atoms with Crippen molar-refractivity contribution in [2.45, 2.75) is 33.4 Å². The Morgan fingerprint density at radius 3 is 2.57 bits per heavy atom. The molecule has 1 atom stereocenters. The van der Waals surface area contributed by atoms with Gasteiger partial charge >= 0.3 is 5.97 Å². The van der Waals surface area contributed by atoms with E-state index >= 15 is 0 Å². The molecule has 0 radical (unpaired) electrons. The van der Waals surface area contributed by atoms with Crippen LogP contribution in [0.25, 0.3) is 0 Å². The Bertz CT molecular complexity index is 867. The van der Waals surface area contributed by atoms with Crippen molar-refractivity contribution in [3.8, 4) is 0 Å². The van der Waals surface area contributed by atoms with Crippen LogP contribution in [0.4, 0.5) is 0 Å². The quantitative estimate of drug-likeness (QED) is 0.404. The maximum Gasteiger partial charge on any atom is 0.329 e. The zero-order valence-electron chi connectivity index (χ0n) is 16.7. The highest BCUT2D eigenvalue weighted by Crippen LogP contribution is 2.24. The number of hydroxylamine groups is 1. The molecule has 0 spiro atoms. The summed E-state index contributed by atoms with van der Waals surface area (Å²) in [6.07, 6.45) is 0. The van der Waals surface area contributed by atoms with Crippen LogP contribution in [0.1, 0.15) is 40.8 Å². The summed E-state index contributed by atoms with van der Waals surface area (Å²) in [6, 6.07) is 10.6. The number of benzene rings is 2. The molecule has 0 saturated heterocycles. The van der Waals surface area contributed by atoms with Gasteiger partial charge in [0.2, 0.25) is 0 Å². The van der Waals surface area contributed by atoms with Crippen LogP contribution in [0.15, 0.2) is 41.6 Å². The highest BCUT2D eigenvalue weighted by molar-refractivity contribution is 6.31. The van der Waals surface area contributed by atoms with Crippen molar-refractivity contribution in [2.75, 3.05) is 14.2 Å². The average Bonchev–Trinajstić information content (AvgIpc) is 2.68. The summed E-state index contributed by atoms with van der Waals surface area (Å²) in [5.74, 6) is -0.456. The lowest BCUT2D eigenvalue weighted by Gasteiger charge is -2.19. The first-order valence-corrected chi connectivity index (χ1v) is 9.14. The molecule has 0 saturated carbocycles. The van der Waals surface area contributed by atoms with E-state index in [0.717, 1.165) is 22.3 Å². The van der Waals surface area contributed by atoms with Gasteiger partial charge in [-0.25, -0.2) is 4.79 Å². The van der Waals surface area contributed by atoms with Crippen LogP contribution in [0.5, 0.6) is 0 Å². The first kappa shape index (κ1) is 21.9. The van der Waals surface area contributed by atoms with E-state index in [1.807, 2.05) is 57.2 Å². The number of ether oxygens (including phenoxy) is 1. The van der Waals surface area contributed by atoms with E-state index in [0.29, 0.717) is 16.3 Å². The predicted octanol–water partition coefficient (Wildman–Crippen LogP) is 4.26. The largest absolute Gasteiger partial charge is 0.468 e. The van der Waals surface area contributed by atoms with Gasteiger partial charge in [-0.05, 0) is 43.5 Å². The maximum absolute atomic E-state index is 12.1. The summed E-state index contributed by atoms with van der Waals surface area (Å²) in [5.41, 5.74) is 7.78. The maximum atomic E-state index is 12.1. The number of carbonyl (C=O) groups excluding carboxylic acids is 1. The minimum Gasteiger partial charge on any atom is -0.468 e. The van der Waals surface area contributed by atoms with Gasteiger partial charge in [-0.2, -0.15) is 5.48 Å². The smallest absolute Gasteiger partial charge is 0.329 e. The zero-order chi connectivity index (χ0) is 20.7. The van der Waals surface area contributed by atoms with E-state index in [9.17, 15) is 4.79 Å². The van der Waals surface area contributed by atoms with Crippen molar-refractivity contribution in [1.82, 2.24) is 5.48 Å². The number of aryl methyl sites for hydroxylation is 2. The highest BCUT2D eigenvalue weighted by Gasteiger charge is 2.25. The Morgan fingerprint density at radius 2 is 1.93 bits per heavy atom. The van der Waals surface area contributed by atoms with Crippen molar-refractivity contribution in [1.29, 1.82) is 0 Å². The molecule has 150 valence electrons. The molecule has 2 rings (SSSR count). The molecule has 1 unspecified atom stereocenters. The Labute approximate surface area is 170 Å². The molecule has 0 aliphatic carbocycles. The molecular weight excluding hydrogens is 380 g/mol. The number of halogens is 1. The molecular formula is C21H25ClN2O4. The van der Waals surface area contributed by atoms with E-state index in [2.05, 4.69) is 10.6 Å². The molecule has 7 heteroatoms. The molecule has 6 nitrogen and oxygen atoms in total. The second-order valence-corrected chi connectivity index (χ2v) is 6.74. The summed E-state index contributed by atoms with van der Waals surface area (Å²) >= 11 is 6.18. The second kappa shape index (κ2) is 10.2. The summed E-state index contributed by atoms with van der Waals surface area (Å²) in [6.45, 7) is 5.93. The number of hydrogen-bond donors (Lipinski definition) is 1. The van der Waals surface area contributed by atoms with E-state index in [4.69, 9.17) is 26.0 Å². The third-order valence-corrected chi connectivity index (χ3v) is 4.84. The van der Waals surface area contributed by atoms with Gasteiger partial charge in [0.05, 0.1) is 19.9 Å². The first-order chi connectivity index (χ1) is 13.4. The van der Waals surface area contributed by atoms with E-state index in [-0.39, 0.29) is 6.61 Å². The van der Waals surface area contributed by atoms with Gasteiger partial charge in [-0.1, -0.05) is 47.1 Å². The molecule has 0 aliphatic rings. The van der Waals surface area contributed by atoms with Crippen LogP contribution < -0.4 is 5.48 Å². The van der Waals surface area contributed by atoms with Crippen LogP contribution in [0.3, 0.4) is 0 Å². The predicted molar refractivity (Wildman–Crippen MR) is 109 cm³/mol. The molecule has 0 aliphatic heterocycles. The topological polar surface area (TPSA) is 69.2 Å². The lowest BCUT2D eigenvalue weighted by molar-refractivity contribution is -0.147. The molecule has 0 bridgehead atoms. The number of hydrogen-bond acceptors (Lipinski definition) is 6. The third-order valence-electron chi connectivity index (χ3n) is 4.43. The number of methoxy groups -OCH3 is 1. The number of carbonyl (C=O) groups is 1. The van der Waals surface area contributed by atoms with Crippen molar-refractivity contribution >= 4 is 23.3 Å². The Hall–Kier alpha value is -2.41. The van der Waals surface area contributed by atoms with Gasteiger partial charge in [0.15, 0.2) is 6.04 Å². The fourth-order valence-corrected chi connectivity index (χ4v) is 2.91. The van der Waals surface area contributed by atoms with Gasteiger partial charge < -0.3 is 14.4 Å². The van der Waals surface area contributed by atoms with Gasteiger partial charge in [-0.15, -0.1) is 0 Å². The van der Waals surface area contributed by atoms with Crippen LogP contribution in [-0.4, -0.2) is 25.9 Å². The minimum atomic E-state index is -0.769.